The molecule has 1 aliphatic rings. The van der Waals surface area contributed by atoms with Crippen molar-refractivity contribution in [2.75, 3.05) is 0 Å². The molecule has 0 saturated heterocycles. The van der Waals surface area contributed by atoms with Gasteiger partial charge in [-0.2, -0.15) is 0 Å². The van der Waals surface area contributed by atoms with Gasteiger partial charge in [-0.25, -0.2) is 4.79 Å². The topological polar surface area (TPSA) is 35.5 Å². The van der Waals surface area contributed by atoms with Crippen molar-refractivity contribution in [3.63, 3.8) is 0 Å². The van der Waals surface area contributed by atoms with Gasteiger partial charge in [-0.05, 0) is 39.5 Å². The van der Waals surface area contributed by atoms with E-state index in [9.17, 15) is 4.79 Å². The molecule has 1 aliphatic carbocycles. The minimum absolute atomic E-state index is 0.0137. The summed E-state index contributed by atoms with van der Waals surface area (Å²) in [5.74, 6) is 2.39. The molecule has 0 spiro atoms. The van der Waals surface area contributed by atoms with Crippen LogP contribution in [0, 0.1) is 12.3 Å². The molecule has 0 unspecified atom stereocenters. The van der Waals surface area contributed by atoms with Gasteiger partial charge >= 0.3 is 6.16 Å². The summed E-state index contributed by atoms with van der Waals surface area (Å²) in [5, 5.41) is 0. The molecule has 1 saturated carbocycles. The van der Waals surface area contributed by atoms with Crippen LogP contribution in [0.1, 0.15) is 46.0 Å². The first-order valence-corrected chi connectivity index (χ1v) is 5.41. The van der Waals surface area contributed by atoms with E-state index in [0.717, 1.165) is 25.7 Å². The first-order valence-electron chi connectivity index (χ1n) is 5.41. The van der Waals surface area contributed by atoms with Crippen molar-refractivity contribution in [1.29, 1.82) is 0 Å². The maximum atomic E-state index is 11.3. The molecule has 0 bridgehead atoms. The molecular formula is C12H18O3. The molecule has 0 heterocycles. The minimum atomic E-state index is -0.883. The van der Waals surface area contributed by atoms with E-state index in [0.29, 0.717) is 0 Å². The third-order valence-corrected chi connectivity index (χ3v) is 2.50. The van der Waals surface area contributed by atoms with Crippen molar-refractivity contribution in [2.24, 2.45) is 0 Å². The van der Waals surface area contributed by atoms with E-state index < -0.39 is 11.8 Å². The van der Waals surface area contributed by atoms with Crippen LogP contribution in [0.25, 0.3) is 0 Å². The number of terminal acetylenes is 1. The summed E-state index contributed by atoms with van der Waals surface area (Å²) in [7, 11) is 0. The van der Waals surface area contributed by atoms with Crippen molar-refractivity contribution < 1.29 is 14.3 Å². The molecular weight excluding hydrogens is 192 g/mol. The number of hydrogen-bond acceptors (Lipinski definition) is 3. The smallest absolute Gasteiger partial charge is 0.431 e. The molecule has 1 fully saturated rings. The van der Waals surface area contributed by atoms with Crippen LogP contribution in [0.5, 0.6) is 0 Å². The lowest BCUT2D eigenvalue weighted by Crippen LogP contribution is -2.29. The van der Waals surface area contributed by atoms with Crippen LogP contribution in [-0.2, 0) is 9.47 Å². The molecule has 0 radical (unpaired) electrons. The Bertz CT molecular complexity index is 257. The highest BCUT2D eigenvalue weighted by atomic mass is 16.7. The molecule has 3 heteroatoms. The molecule has 0 aromatic heterocycles. The molecule has 0 aromatic carbocycles. The average Bonchev–Trinajstić information content (AvgIpc) is 2.18. The first-order chi connectivity index (χ1) is 7.03. The lowest BCUT2D eigenvalue weighted by molar-refractivity contribution is -0.0209. The number of ether oxygens (including phenoxy) is 2. The van der Waals surface area contributed by atoms with Gasteiger partial charge in [-0.3, -0.25) is 0 Å². The number of hydrogen-bond donors (Lipinski definition) is 0. The van der Waals surface area contributed by atoms with Gasteiger partial charge in [-0.1, -0.05) is 12.3 Å². The van der Waals surface area contributed by atoms with Crippen molar-refractivity contribution in [3.05, 3.63) is 0 Å². The Morgan fingerprint density at radius 2 is 1.93 bits per heavy atom. The summed E-state index contributed by atoms with van der Waals surface area (Å²) in [6.45, 7) is 3.32. The second kappa shape index (κ2) is 5.06. The zero-order valence-corrected chi connectivity index (χ0v) is 9.41. The second-order valence-corrected chi connectivity index (χ2v) is 4.38. The van der Waals surface area contributed by atoms with Crippen molar-refractivity contribution in [1.82, 2.24) is 0 Å². The van der Waals surface area contributed by atoms with Crippen LogP contribution in [0.2, 0.25) is 0 Å². The Labute approximate surface area is 91.1 Å². The van der Waals surface area contributed by atoms with E-state index in [-0.39, 0.29) is 6.10 Å². The SMILES string of the molecule is C#CC(C)(C)OC(=O)OC1CCCCC1. The van der Waals surface area contributed by atoms with E-state index >= 15 is 0 Å². The molecule has 0 atom stereocenters. The molecule has 0 amide bonds. The van der Waals surface area contributed by atoms with Gasteiger partial charge in [0.1, 0.15) is 6.10 Å². The standard InChI is InChI=1S/C12H18O3/c1-4-12(2,3)15-11(13)14-10-8-6-5-7-9-10/h1,10H,5-9H2,2-3H3. The van der Waals surface area contributed by atoms with Crippen LogP contribution in [0.3, 0.4) is 0 Å². The summed E-state index contributed by atoms with van der Waals surface area (Å²) in [5.41, 5.74) is -0.883. The second-order valence-electron chi connectivity index (χ2n) is 4.38. The highest BCUT2D eigenvalue weighted by molar-refractivity contribution is 5.61. The number of rotatable bonds is 2. The van der Waals surface area contributed by atoms with Crippen LogP contribution in [-0.4, -0.2) is 17.9 Å². The van der Waals surface area contributed by atoms with Gasteiger partial charge in [0.2, 0.25) is 0 Å². The third kappa shape index (κ3) is 4.24. The fourth-order valence-electron chi connectivity index (χ4n) is 1.58. The summed E-state index contributed by atoms with van der Waals surface area (Å²) in [6, 6.07) is 0. The fourth-order valence-corrected chi connectivity index (χ4v) is 1.58. The highest BCUT2D eigenvalue weighted by Crippen LogP contribution is 2.21. The van der Waals surface area contributed by atoms with Crippen molar-refractivity contribution in [2.45, 2.75) is 57.7 Å². The van der Waals surface area contributed by atoms with Crippen LogP contribution < -0.4 is 0 Å². The van der Waals surface area contributed by atoms with Crippen molar-refractivity contribution in [3.8, 4) is 12.3 Å². The monoisotopic (exact) mass is 210 g/mol. The molecule has 15 heavy (non-hydrogen) atoms. The Morgan fingerprint density at radius 3 is 2.47 bits per heavy atom. The number of carbonyl (C=O) groups is 1. The van der Waals surface area contributed by atoms with Gasteiger partial charge in [0.25, 0.3) is 0 Å². The largest absolute Gasteiger partial charge is 0.510 e. The molecule has 3 nitrogen and oxygen atoms in total. The molecule has 0 aliphatic heterocycles. The lowest BCUT2D eigenvalue weighted by atomic mass is 9.98. The van der Waals surface area contributed by atoms with E-state index in [4.69, 9.17) is 15.9 Å². The first kappa shape index (κ1) is 11.9. The molecule has 0 N–H and O–H groups in total. The van der Waals surface area contributed by atoms with Gasteiger partial charge in [0.15, 0.2) is 5.60 Å². The maximum absolute atomic E-state index is 11.3. The molecule has 0 aromatic rings. The fraction of sp³-hybridized carbons (Fsp3) is 0.750. The minimum Gasteiger partial charge on any atom is -0.431 e. The predicted molar refractivity (Wildman–Crippen MR) is 57.4 cm³/mol. The van der Waals surface area contributed by atoms with Gasteiger partial charge in [0, 0.05) is 0 Å². The lowest BCUT2D eigenvalue weighted by Gasteiger charge is -2.24. The summed E-state index contributed by atoms with van der Waals surface area (Å²) in [4.78, 5) is 11.3. The Balaban J connectivity index is 2.32. The summed E-state index contributed by atoms with van der Waals surface area (Å²) >= 11 is 0. The van der Waals surface area contributed by atoms with Gasteiger partial charge in [0.05, 0.1) is 0 Å². The Morgan fingerprint density at radius 1 is 1.33 bits per heavy atom. The van der Waals surface area contributed by atoms with Crippen LogP contribution >= 0.6 is 0 Å². The summed E-state index contributed by atoms with van der Waals surface area (Å²) in [6.07, 6.45) is 9.91. The van der Waals surface area contributed by atoms with Gasteiger partial charge < -0.3 is 9.47 Å². The van der Waals surface area contributed by atoms with Crippen molar-refractivity contribution >= 4 is 6.16 Å². The Kier molecular flexibility index (Phi) is 4.02. The maximum Gasteiger partial charge on any atom is 0.510 e. The van der Waals surface area contributed by atoms with Crippen LogP contribution in [0.15, 0.2) is 0 Å². The van der Waals surface area contributed by atoms with E-state index in [1.165, 1.54) is 6.42 Å². The predicted octanol–water partition coefficient (Wildman–Crippen LogP) is 2.88. The zero-order chi connectivity index (χ0) is 11.3. The number of carbonyl (C=O) groups excluding carboxylic acids is 1. The van der Waals surface area contributed by atoms with Crippen LogP contribution in [0.4, 0.5) is 4.79 Å². The normalized spacial score (nSPS) is 17.9. The quantitative estimate of drug-likeness (QED) is 0.519. The van der Waals surface area contributed by atoms with E-state index in [2.05, 4.69) is 5.92 Å². The van der Waals surface area contributed by atoms with E-state index in [1.807, 2.05) is 0 Å². The summed E-state index contributed by atoms with van der Waals surface area (Å²) < 4.78 is 10.2. The highest BCUT2D eigenvalue weighted by Gasteiger charge is 2.24. The van der Waals surface area contributed by atoms with E-state index in [1.54, 1.807) is 13.8 Å². The van der Waals surface area contributed by atoms with Gasteiger partial charge in [-0.15, -0.1) is 6.42 Å². The third-order valence-electron chi connectivity index (χ3n) is 2.50. The zero-order valence-electron chi connectivity index (χ0n) is 9.41. The Hall–Kier alpha value is -1.17. The average molecular weight is 210 g/mol. The molecule has 1 rings (SSSR count). The molecule has 84 valence electrons.